The summed E-state index contributed by atoms with van der Waals surface area (Å²) < 4.78 is 5.69. The molecule has 1 aliphatic heterocycles. The third-order valence-corrected chi connectivity index (χ3v) is 2.96. The number of ether oxygens (including phenoxy) is 1. The van der Waals surface area contributed by atoms with E-state index >= 15 is 0 Å². The van der Waals surface area contributed by atoms with Gasteiger partial charge in [0.2, 0.25) is 5.91 Å². The largest absolute Gasteiger partial charge is 0.364 e. The summed E-state index contributed by atoms with van der Waals surface area (Å²) in [6.07, 6.45) is 4.28. The van der Waals surface area contributed by atoms with Crippen LogP contribution in [0.25, 0.3) is 0 Å². The zero-order valence-electron chi connectivity index (χ0n) is 10.5. The van der Waals surface area contributed by atoms with Crippen LogP contribution in [-0.2, 0) is 9.53 Å². The van der Waals surface area contributed by atoms with E-state index in [0.717, 1.165) is 45.3 Å². The minimum absolute atomic E-state index is 0.000230. The van der Waals surface area contributed by atoms with E-state index in [4.69, 9.17) is 4.74 Å². The maximum absolute atomic E-state index is 11.4. The SMILES string of the molecule is CCCCNC(=O)COC1(C)CCCNC1. The average molecular weight is 228 g/mol. The number of carbonyl (C=O) groups is 1. The number of carbonyl (C=O) groups excluding carboxylic acids is 1. The molecule has 1 rings (SSSR count). The number of unbranched alkanes of at least 4 members (excludes halogenated alkanes) is 1. The first kappa shape index (κ1) is 13.5. The second-order valence-electron chi connectivity index (χ2n) is 4.72. The number of piperidine rings is 1. The smallest absolute Gasteiger partial charge is 0.246 e. The molecule has 0 aromatic rings. The van der Waals surface area contributed by atoms with Gasteiger partial charge >= 0.3 is 0 Å². The highest BCUT2D eigenvalue weighted by molar-refractivity contribution is 5.77. The molecule has 1 saturated heterocycles. The highest BCUT2D eigenvalue weighted by atomic mass is 16.5. The average Bonchev–Trinajstić information content (AvgIpc) is 2.28. The molecule has 94 valence electrons. The van der Waals surface area contributed by atoms with Crippen molar-refractivity contribution in [1.29, 1.82) is 0 Å². The maximum atomic E-state index is 11.4. The molecule has 4 nitrogen and oxygen atoms in total. The molecule has 4 heteroatoms. The molecule has 0 saturated carbocycles. The Morgan fingerprint density at radius 1 is 1.56 bits per heavy atom. The molecule has 1 atom stereocenters. The Hall–Kier alpha value is -0.610. The molecular formula is C12H24N2O2. The van der Waals surface area contributed by atoms with E-state index in [9.17, 15) is 4.79 Å². The van der Waals surface area contributed by atoms with Crippen LogP contribution in [-0.4, -0.2) is 37.7 Å². The summed E-state index contributed by atoms with van der Waals surface area (Å²) in [4.78, 5) is 11.4. The lowest BCUT2D eigenvalue weighted by Gasteiger charge is -2.33. The number of hydrogen-bond donors (Lipinski definition) is 2. The van der Waals surface area contributed by atoms with Gasteiger partial charge in [0.05, 0.1) is 5.60 Å². The van der Waals surface area contributed by atoms with E-state index in [1.54, 1.807) is 0 Å². The molecule has 2 N–H and O–H groups in total. The lowest BCUT2D eigenvalue weighted by atomic mass is 9.96. The molecule has 0 spiro atoms. The minimum atomic E-state index is -0.166. The van der Waals surface area contributed by atoms with Crippen molar-refractivity contribution in [2.45, 2.75) is 45.1 Å². The van der Waals surface area contributed by atoms with Crippen molar-refractivity contribution < 1.29 is 9.53 Å². The number of rotatable bonds is 6. The van der Waals surface area contributed by atoms with Crippen molar-refractivity contribution in [2.75, 3.05) is 26.2 Å². The summed E-state index contributed by atoms with van der Waals surface area (Å²) in [6, 6.07) is 0. The third kappa shape index (κ3) is 4.94. The number of nitrogens with one attached hydrogen (secondary N) is 2. The third-order valence-electron chi connectivity index (χ3n) is 2.96. The molecule has 1 fully saturated rings. The van der Waals surface area contributed by atoms with Crippen LogP contribution in [0.4, 0.5) is 0 Å². The van der Waals surface area contributed by atoms with Crippen molar-refractivity contribution in [3.8, 4) is 0 Å². The molecule has 1 heterocycles. The molecule has 1 aliphatic rings. The van der Waals surface area contributed by atoms with E-state index in [1.165, 1.54) is 0 Å². The molecule has 0 aromatic heterocycles. The fourth-order valence-corrected chi connectivity index (χ4v) is 1.85. The maximum Gasteiger partial charge on any atom is 0.246 e. The van der Waals surface area contributed by atoms with E-state index < -0.39 is 0 Å². The lowest BCUT2D eigenvalue weighted by molar-refractivity contribution is -0.133. The lowest BCUT2D eigenvalue weighted by Crippen LogP contribution is -2.47. The topological polar surface area (TPSA) is 50.4 Å². The molecule has 0 aliphatic carbocycles. The van der Waals surface area contributed by atoms with Crippen LogP contribution in [0.15, 0.2) is 0 Å². The van der Waals surface area contributed by atoms with Crippen LogP contribution in [0.1, 0.15) is 39.5 Å². The Morgan fingerprint density at radius 3 is 3.00 bits per heavy atom. The minimum Gasteiger partial charge on any atom is -0.364 e. The Labute approximate surface area is 98.1 Å². The van der Waals surface area contributed by atoms with Gasteiger partial charge in [0.25, 0.3) is 0 Å². The highest BCUT2D eigenvalue weighted by Crippen LogP contribution is 2.19. The van der Waals surface area contributed by atoms with Crippen LogP contribution in [0.5, 0.6) is 0 Å². The molecule has 0 radical (unpaired) electrons. The van der Waals surface area contributed by atoms with E-state index in [2.05, 4.69) is 24.5 Å². The number of amides is 1. The van der Waals surface area contributed by atoms with E-state index in [1.807, 2.05) is 0 Å². The zero-order valence-corrected chi connectivity index (χ0v) is 10.5. The highest BCUT2D eigenvalue weighted by Gasteiger charge is 2.27. The van der Waals surface area contributed by atoms with Gasteiger partial charge in [-0.3, -0.25) is 4.79 Å². The fourth-order valence-electron chi connectivity index (χ4n) is 1.85. The van der Waals surface area contributed by atoms with Gasteiger partial charge in [-0.2, -0.15) is 0 Å². The molecule has 0 bridgehead atoms. The van der Waals surface area contributed by atoms with E-state index in [0.29, 0.717) is 0 Å². The summed E-state index contributed by atoms with van der Waals surface area (Å²) in [7, 11) is 0. The van der Waals surface area contributed by atoms with Gasteiger partial charge < -0.3 is 15.4 Å². The Bertz CT molecular complexity index is 213. The Balaban J connectivity index is 2.14. The van der Waals surface area contributed by atoms with Crippen LogP contribution in [0.2, 0.25) is 0 Å². The van der Waals surface area contributed by atoms with Crippen molar-refractivity contribution >= 4 is 5.91 Å². The monoisotopic (exact) mass is 228 g/mol. The predicted octanol–water partition coefficient (Wildman–Crippen LogP) is 1.06. The normalized spacial score (nSPS) is 25.4. The van der Waals surface area contributed by atoms with Crippen molar-refractivity contribution in [3.05, 3.63) is 0 Å². The van der Waals surface area contributed by atoms with Crippen molar-refractivity contribution in [2.24, 2.45) is 0 Å². The fraction of sp³-hybridized carbons (Fsp3) is 0.917. The van der Waals surface area contributed by atoms with Crippen LogP contribution in [0, 0.1) is 0 Å². The van der Waals surface area contributed by atoms with Gasteiger partial charge in [-0.05, 0) is 32.7 Å². The van der Waals surface area contributed by atoms with Crippen molar-refractivity contribution in [3.63, 3.8) is 0 Å². The second-order valence-corrected chi connectivity index (χ2v) is 4.72. The predicted molar refractivity (Wildman–Crippen MR) is 64.4 cm³/mol. The Morgan fingerprint density at radius 2 is 2.38 bits per heavy atom. The van der Waals surface area contributed by atoms with Gasteiger partial charge in [-0.15, -0.1) is 0 Å². The van der Waals surface area contributed by atoms with Gasteiger partial charge in [0.15, 0.2) is 0 Å². The van der Waals surface area contributed by atoms with E-state index in [-0.39, 0.29) is 18.1 Å². The molecular weight excluding hydrogens is 204 g/mol. The van der Waals surface area contributed by atoms with Crippen LogP contribution in [0.3, 0.4) is 0 Å². The molecule has 16 heavy (non-hydrogen) atoms. The summed E-state index contributed by atoms with van der Waals surface area (Å²) in [5.41, 5.74) is -0.166. The first-order chi connectivity index (χ1) is 7.66. The van der Waals surface area contributed by atoms with Gasteiger partial charge in [0, 0.05) is 13.1 Å². The quantitative estimate of drug-likeness (QED) is 0.668. The van der Waals surface area contributed by atoms with Gasteiger partial charge in [-0.25, -0.2) is 0 Å². The Kier molecular flexibility index (Phi) is 5.77. The standard InChI is InChI=1S/C12H24N2O2/c1-3-4-8-14-11(15)9-16-12(2)6-5-7-13-10-12/h13H,3-10H2,1-2H3,(H,14,15). The second kappa shape index (κ2) is 6.86. The van der Waals surface area contributed by atoms with Crippen molar-refractivity contribution in [1.82, 2.24) is 10.6 Å². The molecule has 1 amide bonds. The van der Waals surface area contributed by atoms with Gasteiger partial charge in [0.1, 0.15) is 6.61 Å². The first-order valence-electron chi connectivity index (χ1n) is 6.28. The van der Waals surface area contributed by atoms with Crippen LogP contribution >= 0.6 is 0 Å². The first-order valence-corrected chi connectivity index (χ1v) is 6.28. The summed E-state index contributed by atoms with van der Waals surface area (Å²) in [5.74, 6) is 0.000230. The summed E-state index contributed by atoms with van der Waals surface area (Å²) >= 11 is 0. The molecule has 0 aromatic carbocycles. The summed E-state index contributed by atoms with van der Waals surface area (Å²) in [6.45, 7) is 7.02. The molecule has 1 unspecified atom stereocenters. The zero-order chi connectivity index (χ0) is 11.9. The number of hydrogen-bond acceptors (Lipinski definition) is 3. The van der Waals surface area contributed by atoms with Crippen LogP contribution < -0.4 is 10.6 Å². The summed E-state index contributed by atoms with van der Waals surface area (Å²) in [5, 5.41) is 6.15. The van der Waals surface area contributed by atoms with Gasteiger partial charge in [-0.1, -0.05) is 13.3 Å².